The first-order chi connectivity index (χ1) is 21.2. The van der Waals surface area contributed by atoms with E-state index in [1.54, 1.807) is 0 Å². The molecule has 0 aromatic rings. The van der Waals surface area contributed by atoms with Gasteiger partial charge in [0.1, 0.15) is 0 Å². The number of hydrogen-bond donors (Lipinski definition) is 0. The Labute approximate surface area is 313 Å². The quantitative estimate of drug-likeness (QED) is 0.298. The van der Waals surface area contributed by atoms with Gasteiger partial charge in [-0.3, -0.25) is 0 Å². The molecule has 0 N–H and O–H groups in total. The van der Waals surface area contributed by atoms with E-state index in [1.807, 2.05) is 0 Å². The molecule has 8 nitrogen and oxygen atoms in total. The van der Waals surface area contributed by atoms with Crippen molar-refractivity contribution in [3.8, 4) is 0 Å². The Morgan fingerprint density at radius 1 is 0.311 bits per heavy atom. The van der Waals surface area contributed by atoms with Gasteiger partial charge < -0.3 is 39.2 Å². The fourth-order valence-corrected chi connectivity index (χ4v) is 7.48. The number of hydrogen-bond acceptors (Lipinski definition) is 4. The molecule has 4 saturated heterocycles. The van der Waals surface area contributed by atoms with Crippen LogP contribution in [0.3, 0.4) is 0 Å². The van der Waals surface area contributed by atoms with E-state index in [-0.39, 0.29) is 21.1 Å². The zero-order chi connectivity index (χ0) is 33.1. The first-order valence-electron chi connectivity index (χ1n) is 17.3. The number of nitrogens with zero attached hydrogens (tertiary/aromatic N) is 8. The molecule has 4 aliphatic rings. The van der Waals surface area contributed by atoms with Crippen molar-refractivity contribution in [2.75, 3.05) is 105 Å². The van der Waals surface area contributed by atoms with Gasteiger partial charge in [-0.2, -0.15) is 0 Å². The summed E-state index contributed by atoms with van der Waals surface area (Å²) in [5, 5.41) is 4.17. The van der Waals surface area contributed by atoms with E-state index in [2.05, 4.69) is 94.6 Å². The van der Waals surface area contributed by atoms with E-state index >= 15 is 0 Å². The molecule has 4 rings (SSSR count). The number of thiocarbonyl (C=S) groups is 4. The van der Waals surface area contributed by atoms with Crippen LogP contribution in [0.2, 0.25) is 0 Å². The molecule has 0 aliphatic carbocycles. The van der Waals surface area contributed by atoms with Crippen LogP contribution in [0, 0.1) is 0 Å². The molecule has 4 aliphatic heterocycles. The molecule has 0 aromatic carbocycles. The number of rotatable bonds is 8. The minimum atomic E-state index is 0. The van der Waals surface area contributed by atoms with Gasteiger partial charge >= 0.3 is 0 Å². The Balaban J connectivity index is 0.000000569. The third-order valence-corrected chi connectivity index (χ3v) is 10.7. The summed E-state index contributed by atoms with van der Waals surface area (Å²) in [7, 11) is 0. The van der Waals surface area contributed by atoms with Crippen LogP contribution in [-0.2, 0) is 21.1 Å². The van der Waals surface area contributed by atoms with Crippen LogP contribution in [0.4, 0.5) is 0 Å². The van der Waals surface area contributed by atoms with Crippen LogP contribution in [0.15, 0.2) is 0 Å². The topological polar surface area (TPSA) is 25.9 Å². The molecule has 0 saturated carbocycles. The fourth-order valence-electron chi connectivity index (χ4n) is 5.72. The molecule has 0 radical (unpaired) electrons. The summed E-state index contributed by atoms with van der Waals surface area (Å²) in [5.41, 5.74) is 0. The van der Waals surface area contributed by atoms with Gasteiger partial charge in [-0.1, -0.05) is 0 Å². The molecule has 0 unspecified atom stereocenters. The van der Waals surface area contributed by atoms with Crippen molar-refractivity contribution >= 4 is 69.3 Å². The molecule has 45 heavy (non-hydrogen) atoms. The van der Waals surface area contributed by atoms with Crippen LogP contribution >= 0.6 is 48.9 Å². The predicted octanol–water partition coefficient (Wildman–Crippen LogP) is 5.27. The summed E-state index contributed by atoms with van der Waals surface area (Å²) < 4.78 is 0. The fraction of sp³-hybridized carbons (Fsp3) is 0.875. The average molecular weight is 884 g/mol. The zero-order valence-electron chi connectivity index (χ0n) is 29.7. The summed E-state index contributed by atoms with van der Waals surface area (Å²) in [4.78, 5) is 18.1. The molecule has 266 valence electrons. The summed E-state index contributed by atoms with van der Waals surface area (Å²) in [6, 6.07) is 0. The monoisotopic (exact) mass is 883 g/mol. The van der Waals surface area contributed by atoms with E-state index in [1.165, 1.54) is 25.7 Å². The van der Waals surface area contributed by atoms with Gasteiger partial charge in [0, 0.05) is 126 Å². The minimum Gasteiger partial charge on any atom is -0.349 e. The van der Waals surface area contributed by atoms with E-state index in [0.29, 0.717) is 0 Å². The molecular formula is C32H64N8PtS4. The van der Waals surface area contributed by atoms with Crippen molar-refractivity contribution in [2.24, 2.45) is 0 Å². The van der Waals surface area contributed by atoms with Crippen molar-refractivity contribution in [1.29, 1.82) is 0 Å². The van der Waals surface area contributed by atoms with Gasteiger partial charge in [0.05, 0.1) is 0 Å². The van der Waals surface area contributed by atoms with E-state index in [9.17, 15) is 0 Å². The second-order valence-corrected chi connectivity index (χ2v) is 12.6. The Bertz CT molecular complexity index is 675. The van der Waals surface area contributed by atoms with Gasteiger partial charge in [0.15, 0.2) is 20.4 Å². The second-order valence-electron chi connectivity index (χ2n) is 11.2. The predicted molar refractivity (Wildman–Crippen MR) is 207 cm³/mol. The first-order valence-corrected chi connectivity index (χ1v) is 19.0. The third kappa shape index (κ3) is 14.6. The summed E-state index contributed by atoms with van der Waals surface area (Å²) >= 11 is 21.2. The maximum atomic E-state index is 5.30. The standard InChI is InChI=1S/4C8H16N2S.Pt/c4*1-3-9-6-5-7-10(4-2)8(9)11;/h4*3-7H2,1-2H3;. The Morgan fingerprint density at radius 2 is 0.422 bits per heavy atom. The third-order valence-electron chi connectivity index (χ3n) is 8.64. The molecule has 13 heteroatoms. The van der Waals surface area contributed by atoms with Gasteiger partial charge in [0.25, 0.3) is 0 Å². The van der Waals surface area contributed by atoms with Crippen LogP contribution in [-0.4, -0.2) is 164 Å². The van der Waals surface area contributed by atoms with E-state index in [0.717, 1.165) is 125 Å². The van der Waals surface area contributed by atoms with Crippen LogP contribution in [0.1, 0.15) is 81.1 Å². The Hall–Kier alpha value is -0.552. The van der Waals surface area contributed by atoms with Gasteiger partial charge in [-0.15, -0.1) is 0 Å². The summed E-state index contributed by atoms with van der Waals surface area (Å²) in [6.07, 6.45) is 5.01. The van der Waals surface area contributed by atoms with Crippen molar-refractivity contribution in [1.82, 2.24) is 39.2 Å². The average Bonchev–Trinajstić information content (AvgIpc) is 3.06. The SMILES string of the molecule is CCN1CCCN(CC)C1=S.CCN1CCCN(CC)C1=S.CCN1CCCN(CC)C1=S.CCN1CCCN(CC)C1=S.[Pt]. The van der Waals surface area contributed by atoms with E-state index in [4.69, 9.17) is 48.9 Å². The Morgan fingerprint density at radius 3 is 0.511 bits per heavy atom. The van der Waals surface area contributed by atoms with Crippen LogP contribution in [0.25, 0.3) is 0 Å². The Kier molecular flexibility index (Phi) is 25.2. The largest absolute Gasteiger partial charge is 0.349 e. The molecule has 0 atom stereocenters. The molecule has 0 bridgehead atoms. The molecule has 0 aromatic heterocycles. The molecule has 4 fully saturated rings. The summed E-state index contributed by atoms with van der Waals surface area (Å²) in [6.45, 7) is 34.8. The molecular weight excluding hydrogens is 820 g/mol. The van der Waals surface area contributed by atoms with Crippen LogP contribution in [0.5, 0.6) is 0 Å². The molecule has 0 amide bonds. The van der Waals surface area contributed by atoms with Gasteiger partial charge in [-0.05, 0) is 130 Å². The first kappa shape index (κ1) is 44.4. The van der Waals surface area contributed by atoms with Crippen molar-refractivity contribution < 1.29 is 21.1 Å². The zero-order valence-corrected chi connectivity index (χ0v) is 35.2. The van der Waals surface area contributed by atoms with E-state index < -0.39 is 0 Å². The smallest absolute Gasteiger partial charge is 0.171 e. The second kappa shape index (κ2) is 25.5. The van der Waals surface area contributed by atoms with Crippen LogP contribution < -0.4 is 0 Å². The minimum absolute atomic E-state index is 0. The summed E-state index contributed by atoms with van der Waals surface area (Å²) in [5.74, 6) is 0. The van der Waals surface area contributed by atoms with Crippen molar-refractivity contribution in [3.63, 3.8) is 0 Å². The van der Waals surface area contributed by atoms with Gasteiger partial charge in [0.2, 0.25) is 0 Å². The van der Waals surface area contributed by atoms with Crippen molar-refractivity contribution in [2.45, 2.75) is 81.1 Å². The molecule has 4 heterocycles. The molecule has 0 spiro atoms. The van der Waals surface area contributed by atoms with Gasteiger partial charge in [-0.25, -0.2) is 0 Å². The normalized spacial score (nSPS) is 18.8. The van der Waals surface area contributed by atoms with Crippen molar-refractivity contribution in [3.05, 3.63) is 0 Å². The maximum absolute atomic E-state index is 5.30. The maximum Gasteiger partial charge on any atom is 0.171 e.